The van der Waals surface area contributed by atoms with E-state index in [2.05, 4.69) is 24.3 Å². The Morgan fingerprint density at radius 3 is 2.93 bits per heavy atom. The molecule has 0 spiro atoms. The first-order chi connectivity index (χ1) is 6.84. The zero-order valence-electron chi connectivity index (χ0n) is 8.45. The fourth-order valence-electron chi connectivity index (χ4n) is 3.21. The lowest BCUT2D eigenvalue weighted by Gasteiger charge is -2.39. The summed E-state index contributed by atoms with van der Waals surface area (Å²) < 4.78 is 0. The fraction of sp³-hybridized carbons (Fsp3) is 0.538. The van der Waals surface area contributed by atoms with Gasteiger partial charge in [-0.25, -0.2) is 0 Å². The van der Waals surface area contributed by atoms with Gasteiger partial charge in [-0.05, 0) is 48.6 Å². The van der Waals surface area contributed by atoms with Crippen molar-refractivity contribution in [1.82, 2.24) is 0 Å². The second-order valence-corrected chi connectivity index (χ2v) is 4.84. The van der Waals surface area contributed by atoms with Crippen LogP contribution in [-0.4, -0.2) is 6.04 Å². The zero-order valence-corrected chi connectivity index (χ0v) is 8.45. The summed E-state index contributed by atoms with van der Waals surface area (Å²) in [6.45, 7) is 0. The van der Waals surface area contributed by atoms with Crippen LogP contribution in [0.2, 0.25) is 0 Å². The van der Waals surface area contributed by atoms with Crippen molar-refractivity contribution in [3.8, 4) is 0 Å². The van der Waals surface area contributed by atoms with Gasteiger partial charge >= 0.3 is 0 Å². The van der Waals surface area contributed by atoms with E-state index in [-0.39, 0.29) is 0 Å². The van der Waals surface area contributed by atoms with Crippen LogP contribution < -0.4 is 5.73 Å². The average molecular weight is 187 g/mol. The Balaban J connectivity index is 2.02. The molecule has 74 valence electrons. The summed E-state index contributed by atoms with van der Waals surface area (Å²) in [5.41, 5.74) is 9.31. The molecule has 1 heteroatoms. The molecular formula is C13H17N. The number of hydrogen-bond donors (Lipinski definition) is 1. The number of rotatable bonds is 0. The van der Waals surface area contributed by atoms with Gasteiger partial charge in [-0.3, -0.25) is 0 Å². The Labute approximate surface area is 85.3 Å². The molecule has 1 fully saturated rings. The average Bonchev–Trinajstić information content (AvgIpc) is 2.24. The van der Waals surface area contributed by atoms with Crippen molar-refractivity contribution >= 4 is 0 Å². The molecule has 3 atom stereocenters. The third kappa shape index (κ3) is 1.19. The number of fused-ring (bicyclic) bond motifs is 4. The maximum atomic E-state index is 6.14. The monoisotopic (exact) mass is 187 g/mol. The van der Waals surface area contributed by atoms with E-state index in [4.69, 9.17) is 5.73 Å². The summed E-state index contributed by atoms with van der Waals surface area (Å²) >= 11 is 0. The highest BCUT2D eigenvalue weighted by Crippen LogP contribution is 2.43. The second-order valence-electron chi connectivity index (χ2n) is 4.84. The Kier molecular flexibility index (Phi) is 1.88. The molecule has 1 nitrogen and oxygen atoms in total. The van der Waals surface area contributed by atoms with E-state index in [0.29, 0.717) is 6.04 Å². The van der Waals surface area contributed by atoms with Gasteiger partial charge in [-0.15, -0.1) is 0 Å². The summed E-state index contributed by atoms with van der Waals surface area (Å²) in [6, 6.07) is 9.39. The molecule has 0 aromatic heterocycles. The Hall–Kier alpha value is -0.820. The van der Waals surface area contributed by atoms with Gasteiger partial charge in [-0.2, -0.15) is 0 Å². The SMILES string of the molecule is N[C@H]1CC[C@H]2C[C@@H]1Cc1ccccc12. The predicted molar refractivity (Wildman–Crippen MR) is 58.2 cm³/mol. The van der Waals surface area contributed by atoms with Gasteiger partial charge in [0.2, 0.25) is 0 Å². The van der Waals surface area contributed by atoms with Crippen LogP contribution in [0.4, 0.5) is 0 Å². The van der Waals surface area contributed by atoms with E-state index in [1.807, 2.05) is 0 Å². The molecule has 2 N–H and O–H groups in total. The molecule has 14 heavy (non-hydrogen) atoms. The van der Waals surface area contributed by atoms with Crippen LogP contribution in [0.1, 0.15) is 36.3 Å². The van der Waals surface area contributed by atoms with Gasteiger partial charge in [-0.1, -0.05) is 24.3 Å². The molecule has 0 amide bonds. The number of benzene rings is 1. The van der Waals surface area contributed by atoms with Crippen LogP contribution in [0.25, 0.3) is 0 Å². The Morgan fingerprint density at radius 1 is 1.14 bits per heavy atom. The van der Waals surface area contributed by atoms with E-state index in [9.17, 15) is 0 Å². The molecule has 3 rings (SSSR count). The first kappa shape index (κ1) is 8.49. The second kappa shape index (κ2) is 3.09. The summed E-state index contributed by atoms with van der Waals surface area (Å²) in [6.07, 6.45) is 5.07. The molecule has 1 aromatic carbocycles. The van der Waals surface area contributed by atoms with Crippen LogP contribution >= 0.6 is 0 Å². The van der Waals surface area contributed by atoms with Gasteiger partial charge in [0.25, 0.3) is 0 Å². The first-order valence-electron chi connectivity index (χ1n) is 5.68. The normalized spacial score (nSPS) is 35.1. The van der Waals surface area contributed by atoms with Crippen molar-refractivity contribution in [2.45, 2.75) is 37.6 Å². The largest absolute Gasteiger partial charge is 0.327 e. The maximum absolute atomic E-state index is 6.14. The number of nitrogens with two attached hydrogens (primary N) is 1. The topological polar surface area (TPSA) is 26.0 Å². The summed E-state index contributed by atoms with van der Waals surface area (Å²) in [7, 11) is 0. The maximum Gasteiger partial charge on any atom is 0.00707 e. The molecule has 1 aromatic rings. The quantitative estimate of drug-likeness (QED) is 0.663. The highest BCUT2D eigenvalue weighted by Gasteiger charge is 2.34. The Morgan fingerprint density at radius 2 is 2.00 bits per heavy atom. The third-order valence-corrected chi connectivity index (χ3v) is 4.02. The molecule has 2 bridgehead atoms. The van der Waals surface area contributed by atoms with E-state index in [0.717, 1.165) is 11.8 Å². The van der Waals surface area contributed by atoms with Crippen molar-refractivity contribution in [3.05, 3.63) is 35.4 Å². The first-order valence-corrected chi connectivity index (χ1v) is 5.68. The van der Waals surface area contributed by atoms with Gasteiger partial charge in [0.15, 0.2) is 0 Å². The van der Waals surface area contributed by atoms with Crippen LogP contribution in [0.5, 0.6) is 0 Å². The van der Waals surface area contributed by atoms with Crippen LogP contribution in [0.3, 0.4) is 0 Å². The van der Waals surface area contributed by atoms with E-state index in [1.165, 1.54) is 25.7 Å². The Bertz CT molecular complexity index is 345. The van der Waals surface area contributed by atoms with Crippen LogP contribution in [0.15, 0.2) is 24.3 Å². The van der Waals surface area contributed by atoms with Crippen LogP contribution in [-0.2, 0) is 6.42 Å². The lowest BCUT2D eigenvalue weighted by Crippen LogP contribution is -2.39. The summed E-state index contributed by atoms with van der Waals surface area (Å²) in [4.78, 5) is 0. The van der Waals surface area contributed by atoms with Gasteiger partial charge in [0, 0.05) is 6.04 Å². The van der Waals surface area contributed by atoms with E-state index in [1.54, 1.807) is 11.1 Å². The van der Waals surface area contributed by atoms with E-state index >= 15 is 0 Å². The third-order valence-electron chi connectivity index (χ3n) is 4.02. The molecular weight excluding hydrogens is 170 g/mol. The zero-order chi connectivity index (χ0) is 9.54. The molecule has 0 aliphatic heterocycles. The van der Waals surface area contributed by atoms with Gasteiger partial charge in [0.1, 0.15) is 0 Å². The highest BCUT2D eigenvalue weighted by atomic mass is 14.7. The standard InChI is InChI=1S/C13H17N/c14-13-6-5-10-8-11(13)7-9-3-1-2-4-12(9)10/h1-4,10-11,13H,5-8,14H2/t10-,11-,13-/m0/s1. The summed E-state index contributed by atoms with van der Waals surface area (Å²) in [5, 5.41) is 0. The van der Waals surface area contributed by atoms with Crippen molar-refractivity contribution in [3.63, 3.8) is 0 Å². The molecule has 0 saturated heterocycles. The minimum Gasteiger partial charge on any atom is -0.327 e. The van der Waals surface area contributed by atoms with Crippen molar-refractivity contribution in [2.75, 3.05) is 0 Å². The molecule has 0 heterocycles. The molecule has 2 aliphatic rings. The van der Waals surface area contributed by atoms with Gasteiger partial charge in [0.05, 0.1) is 0 Å². The van der Waals surface area contributed by atoms with Crippen LogP contribution in [0, 0.1) is 5.92 Å². The number of hydrogen-bond acceptors (Lipinski definition) is 1. The molecule has 2 aliphatic carbocycles. The molecule has 1 saturated carbocycles. The van der Waals surface area contributed by atoms with Crippen molar-refractivity contribution in [2.24, 2.45) is 11.7 Å². The fourth-order valence-corrected chi connectivity index (χ4v) is 3.21. The van der Waals surface area contributed by atoms with E-state index < -0.39 is 0 Å². The lowest BCUT2D eigenvalue weighted by atomic mass is 9.67. The smallest absolute Gasteiger partial charge is 0.00707 e. The lowest BCUT2D eigenvalue weighted by molar-refractivity contribution is 0.259. The minimum atomic E-state index is 0.458. The van der Waals surface area contributed by atoms with Crippen molar-refractivity contribution < 1.29 is 0 Å². The minimum absolute atomic E-state index is 0.458. The van der Waals surface area contributed by atoms with Crippen molar-refractivity contribution in [1.29, 1.82) is 0 Å². The van der Waals surface area contributed by atoms with Gasteiger partial charge < -0.3 is 5.73 Å². The predicted octanol–water partition coefficient (Wildman–Crippen LogP) is 2.45. The molecule has 0 unspecified atom stereocenters. The summed E-state index contributed by atoms with van der Waals surface area (Å²) in [5.74, 6) is 1.56. The highest BCUT2D eigenvalue weighted by molar-refractivity contribution is 5.34. The molecule has 0 radical (unpaired) electrons.